The van der Waals surface area contributed by atoms with E-state index in [0.29, 0.717) is 0 Å². The lowest BCUT2D eigenvalue weighted by molar-refractivity contribution is -0.380. The number of azo groups is 1. The van der Waals surface area contributed by atoms with E-state index in [4.69, 9.17) is 10.0 Å². The van der Waals surface area contributed by atoms with E-state index in [-0.39, 0.29) is 27.0 Å². The lowest BCUT2D eigenvalue weighted by Gasteiger charge is -2.03. The van der Waals surface area contributed by atoms with E-state index < -0.39 is 12.0 Å². The molecule has 11 heteroatoms. The largest absolute Gasteiger partial charge is 0.508 e. The molecule has 1 aromatic heterocycles. The number of benzene rings is 1. The Morgan fingerprint density at radius 3 is 2.70 bits per heavy atom. The van der Waals surface area contributed by atoms with E-state index in [2.05, 4.69) is 15.2 Å². The topological polar surface area (TPSA) is 141 Å². The second-order valence-electron chi connectivity index (χ2n) is 3.55. The molecular weight excluding hydrogens is 287 g/mol. The molecule has 0 saturated heterocycles. The van der Waals surface area contributed by atoms with Crippen LogP contribution in [0.5, 0.6) is 5.75 Å². The van der Waals surface area contributed by atoms with Crippen molar-refractivity contribution in [1.82, 2.24) is 4.98 Å². The number of phenolic OH excluding ortho intramolecular Hbond substituents is 1. The number of nitrogens with zero attached hydrogens (tertiary/aromatic N) is 4. The SMILES string of the molecule is O=[N+]([O-])c1cnc(N=Nc2ccc(O)cc2B(O)O)s1. The first-order valence-electron chi connectivity index (χ1n) is 5.18. The molecule has 0 aliphatic rings. The third-order valence-electron chi connectivity index (χ3n) is 2.19. The van der Waals surface area contributed by atoms with E-state index in [0.717, 1.165) is 23.6 Å². The monoisotopic (exact) mass is 294 g/mol. The molecule has 2 rings (SSSR count). The minimum atomic E-state index is -1.83. The van der Waals surface area contributed by atoms with Crippen molar-refractivity contribution in [2.24, 2.45) is 10.2 Å². The molecule has 0 amide bonds. The third-order valence-corrected chi connectivity index (χ3v) is 3.03. The van der Waals surface area contributed by atoms with Crippen LogP contribution in [0.1, 0.15) is 0 Å². The van der Waals surface area contributed by atoms with E-state index in [1.807, 2.05) is 0 Å². The number of rotatable bonds is 4. The molecule has 0 aliphatic carbocycles. The van der Waals surface area contributed by atoms with Gasteiger partial charge in [-0.3, -0.25) is 10.1 Å². The number of thiazole rings is 1. The summed E-state index contributed by atoms with van der Waals surface area (Å²) in [5.41, 5.74) is 0.0652. The Hall–Kier alpha value is -2.37. The summed E-state index contributed by atoms with van der Waals surface area (Å²) in [6.45, 7) is 0. The zero-order valence-electron chi connectivity index (χ0n) is 9.74. The summed E-state index contributed by atoms with van der Waals surface area (Å²) in [6, 6.07) is 3.75. The average Bonchev–Trinajstić information content (AvgIpc) is 2.86. The standard InChI is InChI=1S/C9H7BN4O5S/c15-5-1-2-7(6(3-5)10(16)17)12-13-9-11-4-8(20-9)14(18)19/h1-4,15-17H. The van der Waals surface area contributed by atoms with Crippen molar-refractivity contribution in [3.05, 3.63) is 34.5 Å². The van der Waals surface area contributed by atoms with E-state index >= 15 is 0 Å². The average molecular weight is 294 g/mol. The van der Waals surface area contributed by atoms with Crippen molar-refractivity contribution in [3.63, 3.8) is 0 Å². The van der Waals surface area contributed by atoms with Gasteiger partial charge >= 0.3 is 12.1 Å². The van der Waals surface area contributed by atoms with Gasteiger partial charge in [0, 0.05) is 5.46 Å². The van der Waals surface area contributed by atoms with Gasteiger partial charge in [0.1, 0.15) is 11.9 Å². The van der Waals surface area contributed by atoms with Crippen molar-refractivity contribution in [3.8, 4) is 5.75 Å². The molecule has 3 N–H and O–H groups in total. The highest BCUT2D eigenvalue weighted by atomic mass is 32.1. The van der Waals surface area contributed by atoms with Crippen LogP contribution in [0, 0.1) is 10.1 Å². The molecule has 1 aromatic carbocycles. The Morgan fingerprint density at radius 1 is 1.35 bits per heavy atom. The Morgan fingerprint density at radius 2 is 2.10 bits per heavy atom. The number of phenols is 1. The van der Waals surface area contributed by atoms with Gasteiger partial charge in [-0.05, 0) is 29.5 Å². The molecule has 2 aromatic rings. The summed E-state index contributed by atoms with van der Waals surface area (Å²) in [6.07, 6.45) is 1.05. The van der Waals surface area contributed by atoms with Crippen LogP contribution in [-0.2, 0) is 0 Å². The Labute approximate surface area is 116 Å². The van der Waals surface area contributed by atoms with Crippen LogP contribution in [0.15, 0.2) is 34.6 Å². The van der Waals surface area contributed by atoms with Crippen LogP contribution in [0.25, 0.3) is 0 Å². The van der Waals surface area contributed by atoms with Crippen LogP contribution in [0.3, 0.4) is 0 Å². The van der Waals surface area contributed by atoms with Gasteiger partial charge in [0.05, 0.1) is 10.6 Å². The van der Waals surface area contributed by atoms with Gasteiger partial charge in [0.25, 0.3) is 0 Å². The molecule has 0 unspecified atom stereocenters. The van der Waals surface area contributed by atoms with Gasteiger partial charge in [0.2, 0.25) is 5.13 Å². The predicted octanol–water partition coefficient (Wildman–Crippen LogP) is 0.852. The van der Waals surface area contributed by atoms with E-state index in [1.54, 1.807) is 0 Å². The van der Waals surface area contributed by atoms with Gasteiger partial charge in [-0.25, -0.2) is 4.98 Å². The van der Waals surface area contributed by atoms with E-state index in [1.165, 1.54) is 12.1 Å². The molecule has 20 heavy (non-hydrogen) atoms. The van der Waals surface area contributed by atoms with Gasteiger partial charge < -0.3 is 15.2 Å². The Bertz CT molecular complexity index is 674. The normalized spacial score (nSPS) is 10.9. The van der Waals surface area contributed by atoms with Crippen molar-refractivity contribution in [2.45, 2.75) is 0 Å². The lowest BCUT2D eigenvalue weighted by Crippen LogP contribution is -2.29. The Kier molecular flexibility index (Phi) is 4.03. The maximum Gasteiger partial charge on any atom is 0.490 e. The molecule has 102 valence electrons. The molecule has 0 bridgehead atoms. The smallest absolute Gasteiger partial charge is 0.490 e. The first-order valence-corrected chi connectivity index (χ1v) is 6.00. The van der Waals surface area contributed by atoms with Crippen molar-refractivity contribution >= 4 is 39.7 Å². The van der Waals surface area contributed by atoms with Crippen molar-refractivity contribution in [2.75, 3.05) is 0 Å². The fourth-order valence-electron chi connectivity index (χ4n) is 1.32. The molecule has 0 aliphatic heterocycles. The number of aromatic nitrogens is 1. The number of aromatic hydroxyl groups is 1. The second kappa shape index (κ2) is 5.73. The molecule has 0 fully saturated rings. The van der Waals surface area contributed by atoms with Crippen molar-refractivity contribution < 1.29 is 20.1 Å². The van der Waals surface area contributed by atoms with Gasteiger partial charge in [0.15, 0.2) is 0 Å². The summed E-state index contributed by atoms with van der Waals surface area (Å²) < 4.78 is 0. The molecular formula is C9H7BN4O5S. The highest BCUT2D eigenvalue weighted by Gasteiger charge is 2.17. The first kappa shape index (κ1) is 14.1. The highest BCUT2D eigenvalue weighted by molar-refractivity contribution is 7.18. The van der Waals surface area contributed by atoms with Crippen LogP contribution in [0.4, 0.5) is 15.8 Å². The summed E-state index contributed by atoms with van der Waals surface area (Å²) in [5.74, 6) is -0.156. The van der Waals surface area contributed by atoms with E-state index in [9.17, 15) is 15.2 Å². The summed E-state index contributed by atoms with van der Waals surface area (Å²) in [7, 11) is -1.83. The quantitative estimate of drug-likeness (QED) is 0.330. The molecule has 0 spiro atoms. The number of hydrogen-bond acceptors (Lipinski definition) is 9. The summed E-state index contributed by atoms with van der Waals surface area (Å²) in [4.78, 5) is 13.6. The molecule has 0 radical (unpaired) electrons. The minimum Gasteiger partial charge on any atom is -0.508 e. The van der Waals surface area contributed by atoms with Crippen LogP contribution >= 0.6 is 11.3 Å². The minimum absolute atomic E-state index is 0.0418. The summed E-state index contributed by atoms with van der Waals surface area (Å²) >= 11 is 0.733. The van der Waals surface area contributed by atoms with Gasteiger partial charge in [-0.2, -0.15) is 0 Å². The fourth-order valence-corrected chi connectivity index (χ4v) is 1.88. The predicted molar refractivity (Wildman–Crippen MR) is 70.9 cm³/mol. The Balaban J connectivity index is 2.28. The third kappa shape index (κ3) is 3.14. The zero-order chi connectivity index (χ0) is 14.7. The zero-order valence-corrected chi connectivity index (χ0v) is 10.6. The maximum absolute atomic E-state index is 10.5. The second-order valence-corrected chi connectivity index (χ2v) is 4.54. The van der Waals surface area contributed by atoms with Crippen molar-refractivity contribution in [1.29, 1.82) is 0 Å². The lowest BCUT2D eigenvalue weighted by atomic mass is 9.79. The summed E-state index contributed by atoms with van der Waals surface area (Å²) in [5, 5.41) is 45.3. The first-order chi connectivity index (χ1) is 9.47. The number of nitro groups is 1. The van der Waals surface area contributed by atoms with Gasteiger partial charge in [-0.15, -0.1) is 10.2 Å². The maximum atomic E-state index is 10.5. The molecule has 1 heterocycles. The highest BCUT2D eigenvalue weighted by Crippen LogP contribution is 2.28. The fraction of sp³-hybridized carbons (Fsp3) is 0. The number of hydrogen-bond donors (Lipinski definition) is 3. The van der Waals surface area contributed by atoms with Crippen LogP contribution in [0.2, 0.25) is 0 Å². The molecule has 0 atom stereocenters. The molecule has 9 nitrogen and oxygen atoms in total. The van der Waals surface area contributed by atoms with Gasteiger partial charge in [-0.1, -0.05) is 0 Å². The van der Waals surface area contributed by atoms with Crippen LogP contribution < -0.4 is 5.46 Å². The molecule has 0 saturated carbocycles. The van der Waals surface area contributed by atoms with Crippen LogP contribution in [-0.4, -0.2) is 32.2 Å².